The second-order valence-corrected chi connectivity index (χ2v) is 4.21. The van der Waals surface area contributed by atoms with Crippen molar-refractivity contribution in [2.45, 2.75) is 6.42 Å². The lowest BCUT2D eigenvalue weighted by molar-refractivity contribution is -0.107. The van der Waals surface area contributed by atoms with E-state index in [0.29, 0.717) is 0 Å². The molecule has 2 rings (SSSR count). The summed E-state index contributed by atoms with van der Waals surface area (Å²) in [5, 5.41) is 8.62. The molecule has 104 valence electrons. The van der Waals surface area contributed by atoms with Gasteiger partial charge in [0.05, 0.1) is 11.1 Å². The molecule has 2 aromatic rings. The van der Waals surface area contributed by atoms with E-state index in [9.17, 15) is 14.0 Å². The molecule has 0 aliphatic heterocycles. The van der Waals surface area contributed by atoms with E-state index in [-0.39, 0.29) is 23.3 Å². The van der Waals surface area contributed by atoms with Crippen LogP contribution in [-0.2, 0) is 11.2 Å². The quantitative estimate of drug-likeness (QED) is 0.491. The van der Waals surface area contributed by atoms with Gasteiger partial charge in [0.15, 0.2) is 0 Å². The Bertz CT molecular complexity index is 717. The van der Waals surface area contributed by atoms with Crippen LogP contribution in [0, 0.1) is 17.1 Å². The predicted molar refractivity (Wildman–Crippen MR) is 72.3 cm³/mol. The highest BCUT2D eigenvalue weighted by molar-refractivity contribution is 5.91. The maximum Gasteiger partial charge on any atom is 0.343 e. The third-order valence-corrected chi connectivity index (χ3v) is 2.78. The second-order valence-electron chi connectivity index (χ2n) is 4.21. The number of halogens is 1. The number of carbonyl (C=O) groups excluding carboxylic acids is 2. The van der Waals surface area contributed by atoms with Crippen molar-refractivity contribution in [2.75, 3.05) is 0 Å². The monoisotopic (exact) mass is 283 g/mol. The Labute approximate surface area is 120 Å². The first-order valence-electron chi connectivity index (χ1n) is 6.08. The van der Waals surface area contributed by atoms with Crippen LogP contribution in [0.15, 0.2) is 42.5 Å². The molecule has 4 nitrogen and oxygen atoms in total. The second kappa shape index (κ2) is 6.44. The summed E-state index contributed by atoms with van der Waals surface area (Å²) in [6, 6.07) is 11.6. The number of benzene rings is 2. The van der Waals surface area contributed by atoms with Crippen molar-refractivity contribution in [3.05, 3.63) is 65.0 Å². The van der Waals surface area contributed by atoms with Crippen LogP contribution in [0.3, 0.4) is 0 Å². The van der Waals surface area contributed by atoms with Gasteiger partial charge in [-0.15, -0.1) is 0 Å². The van der Waals surface area contributed by atoms with Gasteiger partial charge < -0.3 is 9.53 Å². The summed E-state index contributed by atoms with van der Waals surface area (Å²) in [6.45, 7) is 0. The zero-order chi connectivity index (χ0) is 15.2. The van der Waals surface area contributed by atoms with Gasteiger partial charge in [-0.3, -0.25) is 0 Å². The van der Waals surface area contributed by atoms with Crippen LogP contribution < -0.4 is 4.74 Å². The number of nitriles is 1. The van der Waals surface area contributed by atoms with E-state index < -0.39 is 11.8 Å². The van der Waals surface area contributed by atoms with Gasteiger partial charge in [0.1, 0.15) is 23.9 Å². The van der Waals surface area contributed by atoms with E-state index in [1.54, 1.807) is 18.2 Å². The van der Waals surface area contributed by atoms with Gasteiger partial charge in [-0.05, 0) is 29.8 Å². The Hall–Kier alpha value is -3.00. The van der Waals surface area contributed by atoms with Crippen LogP contribution in [0.25, 0.3) is 0 Å². The molecule has 0 aromatic heterocycles. The highest BCUT2D eigenvalue weighted by Gasteiger charge is 2.10. The molecule has 5 heteroatoms. The van der Waals surface area contributed by atoms with Crippen molar-refractivity contribution in [3.63, 3.8) is 0 Å². The number of ether oxygens (including phenoxy) is 1. The van der Waals surface area contributed by atoms with E-state index in [4.69, 9.17) is 10.00 Å². The first-order chi connectivity index (χ1) is 10.1. The van der Waals surface area contributed by atoms with E-state index >= 15 is 0 Å². The maximum absolute atomic E-state index is 13.4. The Kier molecular flexibility index (Phi) is 4.42. The number of carbonyl (C=O) groups is 2. The molecule has 0 amide bonds. The van der Waals surface area contributed by atoms with Gasteiger partial charge >= 0.3 is 5.97 Å². The lowest BCUT2D eigenvalue weighted by Gasteiger charge is -2.05. The zero-order valence-corrected chi connectivity index (χ0v) is 10.9. The van der Waals surface area contributed by atoms with Crippen molar-refractivity contribution in [1.29, 1.82) is 5.26 Å². The molecule has 0 aliphatic rings. The predicted octanol–water partition coefficient (Wildman–Crippen LogP) is 2.66. The number of hydrogen-bond donors (Lipinski definition) is 0. The molecule has 0 heterocycles. The molecule has 0 aliphatic carbocycles. The van der Waals surface area contributed by atoms with Crippen LogP contribution in [0.2, 0.25) is 0 Å². The van der Waals surface area contributed by atoms with Gasteiger partial charge in [-0.25, -0.2) is 9.18 Å². The van der Waals surface area contributed by atoms with Crippen molar-refractivity contribution >= 4 is 12.3 Å². The molecule has 0 radical (unpaired) electrons. The average molecular weight is 283 g/mol. The molecule has 0 saturated heterocycles. The lowest BCUT2D eigenvalue weighted by Crippen LogP contribution is -2.08. The molecule has 21 heavy (non-hydrogen) atoms. The van der Waals surface area contributed by atoms with Crippen LogP contribution in [-0.4, -0.2) is 12.3 Å². The largest absolute Gasteiger partial charge is 0.423 e. The van der Waals surface area contributed by atoms with Crippen molar-refractivity contribution in [2.24, 2.45) is 0 Å². The number of esters is 1. The summed E-state index contributed by atoms with van der Waals surface area (Å²) in [4.78, 5) is 22.2. The van der Waals surface area contributed by atoms with E-state index in [1.807, 2.05) is 0 Å². The lowest BCUT2D eigenvalue weighted by atomic mass is 10.1. The Balaban J connectivity index is 2.12. The topological polar surface area (TPSA) is 67.2 Å². The number of nitrogens with zero attached hydrogens (tertiary/aromatic N) is 1. The highest BCUT2D eigenvalue weighted by atomic mass is 19.1. The van der Waals surface area contributed by atoms with Crippen LogP contribution in [0.5, 0.6) is 5.75 Å². The molecular formula is C16H10FNO3. The smallest absolute Gasteiger partial charge is 0.343 e. The molecular weight excluding hydrogens is 273 g/mol. The molecule has 0 saturated carbocycles. The maximum atomic E-state index is 13.4. The molecule has 0 unspecified atom stereocenters. The number of aldehydes is 1. The van der Waals surface area contributed by atoms with Crippen molar-refractivity contribution in [1.82, 2.24) is 0 Å². The average Bonchev–Trinajstić information content (AvgIpc) is 2.48. The first kappa shape index (κ1) is 14.4. The standard InChI is InChI=1S/C16H10FNO3/c17-15-9-14(6-5-13(15)10-18)21-16(20)12-3-1-11(2-4-12)7-8-19/h1-6,8-9H,7H2. The number of rotatable bonds is 4. The molecule has 0 bridgehead atoms. The third kappa shape index (κ3) is 3.51. The van der Waals surface area contributed by atoms with Gasteiger partial charge in [-0.2, -0.15) is 5.26 Å². The Morgan fingerprint density at radius 2 is 1.95 bits per heavy atom. The fourth-order valence-electron chi connectivity index (χ4n) is 1.69. The summed E-state index contributed by atoms with van der Waals surface area (Å²) < 4.78 is 18.4. The summed E-state index contributed by atoms with van der Waals surface area (Å²) in [5.41, 5.74) is 0.952. The SMILES string of the molecule is N#Cc1ccc(OC(=O)c2ccc(CC=O)cc2)cc1F. The fourth-order valence-corrected chi connectivity index (χ4v) is 1.69. The van der Waals surface area contributed by atoms with Crippen LogP contribution >= 0.6 is 0 Å². The minimum Gasteiger partial charge on any atom is -0.423 e. The van der Waals surface area contributed by atoms with E-state index in [0.717, 1.165) is 17.9 Å². The van der Waals surface area contributed by atoms with Crippen molar-refractivity contribution in [3.8, 4) is 11.8 Å². The van der Waals surface area contributed by atoms with Gasteiger partial charge in [-0.1, -0.05) is 12.1 Å². The summed E-state index contributed by atoms with van der Waals surface area (Å²) >= 11 is 0. The molecule has 0 fully saturated rings. The highest BCUT2D eigenvalue weighted by Crippen LogP contribution is 2.17. The normalized spacial score (nSPS) is 9.71. The minimum atomic E-state index is -0.746. The van der Waals surface area contributed by atoms with Crippen LogP contribution in [0.1, 0.15) is 21.5 Å². The fraction of sp³-hybridized carbons (Fsp3) is 0.0625. The minimum absolute atomic E-state index is 0.0217. The van der Waals surface area contributed by atoms with Gasteiger partial charge in [0, 0.05) is 12.5 Å². The zero-order valence-electron chi connectivity index (χ0n) is 10.9. The van der Waals surface area contributed by atoms with Crippen molar-refractivity contribution < 1.29 is 18.7 Å². The first-order valence-corrected chi connectivity index (χ1v) is 6.08. The molecule has 0 atom stereocenters. The summed E-state index contributed by atoms with van der Waals surface area (Å²) in [7, 11) is 0. The molecule has 0 spiro atoms. The molecule has 0 N–H and O–H groups in total. The van der Waals surface area contributed by atoms with E-state index in [1.165, 1.54) is 24.3 Å². The Morgan fingerprint density at radius 3 is 2.52 bits per heavy atom. The summed E-state index contributed by atoms with van der Waals surface area (Å²) in [6.07, 6.45) is 1.04. The van der Waals surface area contributed by atoms with E-state index in [2.05, 4.69) is 0 Å². The van der Waals surface area contributed by atoms with Gasteiger partial charge in [0.25, 0.3) is 0 Å². The summed E-state index contributed by atoms with van der Waals surface area (Å²) in [5.74, 6) is -1.37. The van der Waals surface area contributed by atoms with Gasteiger partial charge in [0.2, 0.25) is 0 Å². The van der Waals surface area contributed by atoms with Crippen LogP contribution in [0.4, 0.5) is 4.39 Å². The Morgan fingerprint density at radius 1 is 1.24 bits per heavy atom. The third-order valence-electron chi connectivity index (χ3n) is 2.78. The number of hydrogen-bond acceptors (Lipinski definition) is 4. The molecule has 2 aromatic carbocycles.